The maximum Gasteiger partial charge on any atom is 0.317 e. The van der Waals surface area contributed by atoms with Crippen LogP contribution in [0.3, 0.4) is 0 Å². The molecule has 0 radical (unpaired) electrons. The molecule has 0 saturated carbocycles. The largest absolute Gasteiger partial charge is 0.481 e. The van der Waals surface area contributed by atoms with Crippen LogP contribution in [-0.4, -0.2) is 41.6 Å². The van der Waals surface area contributed by atoms with Crippen molar-refractivity contribution in [3.63, 3.8) is 0 Å². The minimum atomic E-state index is -0.755. The van der Waals surface area contributed by atoms with E-state index in [-0.39, 0.29) is 11.9 Å². The molecule has 2 N–H and O–H groups in total. The number of carboxylic acids is 1. The van der Waals surface area contributed by atoms with E-state index in [0.717, 1.165) is 6.42 Å². The van der Waals surface area contributed by atoms with Crippen LogP contribution >= 0.6 is 0 Å². The zero-order valence-corrected chi connectivity index (χ0v) is 12.3. The summed E-state index contributed by atoms with van der Waals surface area (Å²) in [5.41, 5.74) is 2.43. The van der Waals surface area contributed by atoms with Crippen molar-refractivity contribution < 1.29 is 14.7 Å². The van der Waals surface area contributed by atoms with Gasteiger partial charge >= 0.3 is 12.0 Å². The molecule has 0 atom stereocenters. The Morgan fingerprint density at radius 2 is 2.05 bits per heavy atom. The zero-order chi connectivity index (χ0) is 15.2. The molecule has 21 heavy (non-hydrogen) atoms. The first-order valence-electron chi connectivity index (χ1n) is 7.37. The van der Waals surface area contributed by atoms with Gasteiger partial charge < -0.3 is 15.3 Å². The molecule has 114 valence electrons. The summed E-state index contributed by atoms with van der Waals surface area (Å²) < 4.78 is 0. The molecule has 1 saturated heterocycles. The number of carboxylic acid groups (broad SMARTS) is 1. The van der Waals surface area contributed by atoms with Crippen LogP contribution in [0.2, 0.25) is 0 Å². The van der Waals surface area contributed by atoms with Crippen LogP contribution in [0.15, 0.2) is 24.3 Å². The lowest BCUT2D eigenvalue weighted by molar-refractivity contribution is -0.143. The molecule has 5 nitrogen and oxygen atoms in total. The van der Waals surface area contributed by atoms with Crippen molar-refractivity contribution in [2.45, 2.75) is 26.2 Å². The van der Waals surface area contributed by atoms with E-state index in [1.54, 1.807) is 4.90 Å². The Bertz CT molecular complexity index is 508. The lowest BCUT2D eigenvalue weighted by Gasteiger charge is -2.30. The van der Waals surface area contributed by atoms with E-state index in [4.69, 9.17) is 5.11 Å². The van der Waals surface area contributed by atoms with Crippen LogP contribution in [0.25, 0.3) is 0 Å². The predicted molar refractivity (Wildman–Crippen MR) is 80.2 cm³/mol. The highest BCUT2D eigenvalue weighted by Gasteiger charge is 2.26. The summed E-state index contributed by atoms with van der Waals surface area (Å²) in [6.07, 6.45) is 1.89. The van der Waals surface area contributed by atoms with E-state index >= 15 is 0 Å². The number of aryl methyl sites for hydroxylation is 1. The number of hydrogen-bond acceptors (Lipinski definition) is 2. The Morgan fingerprint density at radius 1 is 1.33 bits per heavy atom. The molecule has 1 fully saturated rings. The molecular formula is C16H22N2O3. The highest BCUT2D eigenvalue weighted by atomic mass is 16.4. The van der Waals surface area contributed by atoms with Crippen molar-refractivity contribution in [3.05, 3.63) is 35.4 Å². The highest BCUT2D eigenvalue weighted by Crippen LogP contribution is 2.17. The lowest BCUT2D eigenvalue weighted by atomic mass is 9.97. The van der Waals surface area contributed by atoms with Crippen LogP contribution in [-0.2, 0) is 11.2 Å². The van der Waals surface area contributed by atoms with E-state index in [9.17, 15) is 9.59 Å². The highest BCUT2D eigenvalue weighted by molar-refractivity contribution is 5.75. The second kappa shape index (κ2) is 7.11. The molecule has 2 rings (SSSR count). The normalized spacial score (nSPS) is 15.8. The molecule has 1 aromatic rings. The Balaban J connectivity index is 1.72. The quantitative estimate of drug-likeness (QED) is 0.891. The fourth-order valence-electron chi connectivity index (χ4n) is 2.62. The van der Waals surface area contributed by atoms with Gasteiger partial charge in [-0.25, -0.2) is 4.79 Å². The number of piperidine rings is 1. The molecular weight excluding hydrogens is 268 g/mol. The van der Waals surface area contributed by atoms with Gasteiger partial charge in [0.2, 0.25) is 0 Å². The fourth-order valence-corrected chi connectivity index (χ4v) is 2.62. The lowest BCUT2D eigenvalue weighted by Crippen LogP contribution is -2.45. The Kier molecular flexibility index (Phi) is 5.20. The van der Waals surface area contributed by atoms with Gasteiger partial charge in [-0.15, -0.1) is 0 Å². The van der Waals surface area contributed by atoms with Crippen LogP contribution in [0.4, 0.5) is 4.79 Å². The van der Waals surface area contributed by atoms with Crippen molar-refractivity contribution in [3.8, 4) is 0 Å². The number of nitrogens with one attached hydrogen (secondary N) is 1. The van der Waals surface area contributed by atoms with Gasteiger partial charge in [-0.2, -0.15) is 0 Å². The molecule has 5 heteroatoms. The minimum absolute atomic E-state index is 0.0912. The van der Waals surface area contributed by atoms with E-state index in [1.807, 2.05) is 6.07 Å². The smallest absolute Gasteiger partial charge is 0.317 e. The van der Waals surface area contributed by atoms with E-state index in [2.05, 4.69) is 30.4 Å². The van der Waals surface area contributed by atoms with Gasteiger partial charge in [-0.1, -0.05) is 29.8 Å². The Morgan fingerprint density at radius 3 is 2.67 bits per heavy atom. The Labute approximate surface area is 125 Å². The molecule has 2 amide bonds. The number of amides is 2. The first-order valence-corrected chi connectivity index (χ1v) is 7.37. The van der Waals surface area contributed by atoms with Crippen LogP contribution in [0, 0.1) is 12.8 Å². The minimum Gasteiger partial charge on any atom is -0.481 e. The molecule has 1 heterocycles. The molecule has 0 bridgehead atoms. The third-order valence-corrected chi connectivity index (χ3v) is 3.90. The van der Waals surface area contributed by atoms with Crippen LogP contribution in [0.5, 0.6) is 0 Å². The maximum absolute atomic E-state index is 12.0. The first-order chi connectivity index (χ1) is 10.1. The van der Waals surface area contributed by atoms with E-state index in [1.165, 1.54) is 11.1 Å². The number of rotatable bonds is 4. The third kappa shape index (κ3) is 4.48. The average Bonchev–Trinajstić information content (AvgIpc) is 2.47. The van der Waals surface area contributed by atoms with Gasteiger partial charge in [0.1, 0.15) is 0 Å². The third-order valence-electron chi connectivity index (χ3n) is 3.90. The number of carbonyl (C=O) groups is 2. The summed E-state index contributed by atoms with van der Waals surface area (Å²) in [5.74, 6) is -1.06. The number of hydrogen-bond donors (Lipinski definition) is 2. The topological polar surface area (TPSA) is 69.6 Å². The predicted octanol–water partition coefficient (Wildman–Crippen LogP) is 2.04. The summed E-state index contributed by atoms with van der Waals surface area (Å²) in [4.78, 5) is 24.6. The molecule has 1 aromatic carbocycles. The monoisotopic (exact) mass is 290 g/mol. The van der Waals surface area contributed by atoms with Crippen molar-refractivity contribution in [2.24, 2.45) is 5.92 Å². The summed E-state index contributed by atoms with van der Waals surface area (Å²) in [5, 5.41) is 11.8. The first kappa shape index (κ1) is 15.4. The molecule has 1 aliphatic heterocycles. The standard InChI is InChI=1S/C16H22N2O3/c1-12-3-2-4-13(11-12)5-8-17-16(21)18-9-6-14(7-10-18)15(19)20/h2-4,11,14H,5-10H2,1H3,(H,17,21)(H,19,20). The Hall–Kier alpha value is -2.04. The van der Waals surface area contributed by atoms with Crippen molar-refractivity contribution in [1.29, 1.82) is 0 Å². The number of nitrogens with zero attached hydrogens (tertiary/aromatic N) is 1. The summed E-state index contributed by atoms with van der Waals surface area (Å²) in [6.45, 7) is 3.69. The second-order valence-corrected chi connectivity index (χ2v) is 5.57. The molecule has 0 aliphatic carbocycles. The number of aliphatic carboxylic acids is 1. The van der Waals surface area contributed by atoms with E-state index < -0.39 is 5.97 Å². The van der Waals surface area contributed by atoms with Gasteiger partial charge in [0, 0.05) is 19.6 Å². The van der Waals surface area contributed by atoms with Crippen LogP contribution < -0.4 is 5.32 Å². The zero-order valence-electron chi connectivity index (χ0n) is 12.3. The molecule has 0 unspecified atom stereocenters. The van der Waals surface area contributed by atoms with Gasteiger partial charge in [-0.3, -0.25) is 4.79 Å². The summed E-state index contributed by atoms with van der Waals surface area (Å²) in [6, 6.07) is 8.14. The maximum atomic E-state index is 12.0. The molecule has 0 spiro atoms. The van der Waals surface area contributed by atoms with Gasteiger partial charge in [0.25, 0.3) is 0 Å². The van der Waals surface area contributed by atoms with Crippen molar-refractivity contribution in [1.82, 2.24) is 10.2 Å². The van der Waals surface area contributed by atoms with E-state index in [0.29, 0.717) is 32.5 Å². The fraction of sp³-hybridized carbons (Fsp3) is 0.500. The second-order valence-electron chi connectivity index (χ2n) is 5.57. The SMILES string of the molecule is Cc1cccc(CCNC(=O)N2CCC(C(=O)O)CC2)c1. The number of benzene rings is 1. The molecule has 0 aromatic heterocycles. The van der Waals surface area contributed by atoms with Gasteiger partial charge in [-0.05, 0) is 31.7 Å². The van der Waals surface area contributed by atoms with Crippen molar-refractivity contribution >= 4 is 12.0 Å². The van der Waals surface area contributed by atoms with Crippen molar-refractivity contribution in [2.75, 3.05) is 19.6 Å². The van der Waals surface area contributed by atoms with Gasteiger partial charge in [0.05, 0.1) is 5.92 Å². The van der Waals surface area contributed by atoms with Crippen LogP contribution in [0.1, 0.15) is 24.0 Å². The molecule has 1 aliphatic rings. The number of likely N-dealkylation sites (tertiary alicyclic amines) is 1. The summed E-state index contributed by atoms with van der Waals surface area (Å²) in [7, 11) is 0. The number of carbonyl (C=O) groups excluding carboxylic acids is 1. The number of urea groups is 1. The van der Waals surface area contributed by atoms with Gasteiger partial charge in [0.15, 0.2) is 0 Å². The summed E-state index contributed by atoms with van der Waals surface area (Å²) >= 11 is 0. The average molecular weight is 290 g/mol.